The summed E-state index contributed by atoms with van der Waals surface area (Å²) >= 11 is 0. The lowest BCUT2D eigenvalue weighted by Gasteiger charge is -2.21. The van der Waals surface area contributed by atoms with Gasteiger partial charge in [0.1, 0.15) is 6.10 Å². The van der Waals surface area contributed by atoms with Crippen LogP contribution in [0.1, 0.15) is 13.8 Å². The second kappa shape index (κ2) is 6.14. The molecule has 2 N–H and O–H groups in total. The number of nitrogen functional groups attached to an aromatic ring is 1. The third-order valence-electron chi connectivity index (χ3n) is 2.78. The maximum absolute atomic E-state index is 11.4. The molecule has 1 aromatic rings. The number of carbonyl (C=O) groups is 1. The van der Waals surface area contributed by atoms with Crippen molar-refractivity contribution in [1.82, 2.24) is 0 Å². The molecule has 5 heteroatoms. The summed E-state index contributed by atoms with van der Waals surface area (Å²) in [4.78, 5) is 11.4. The third kappa shape index (κ3) is 3.29. The highest BCUT2D eigenvalue weighted by molar-refractivity contribution is 5.72. The number of rotatable bonds is 5. The number of hydrogen-bond donors (Lipinski definition) is 1. The summed E-state index contributed by atoms with van der Waals surface area (Å²) in [6, 6.07) is 5.11. The average molecular weight is 253 g/mol. The number of ether oxygens (including phenoxy) is 3. The standard InChI is InChI=1S/C13H19NO4/c1-8(13(15)17-4)9(2)18-12-7-10(14)5-6-11(12)16-3/h5-9H,14H2,1-4H3. The Bertz CT molecular complexity index is 419. The predicted octanol–water partition coefficient (Wildman–Crippen LogP) is 1.85. The van der Waals surface area contributed by atoms with Gasteiger partial charge < -0.3 is 19.9 Å². The summed E-state index contributed by atoms with van der Waals surface area (Å²) in [6.45, 7) is 3.54. The van der Waals surface area contributed by atoms with Crippen LogP contribution in [0.2, 0.25) is 0 Å². The fourth-order valence-corrected chi connectivity index (χ4v) is 1.47. The maximum atomic E-state index is 11.4. The van der Waals surface area contributed by atoms with E-state index in [9.17, 15) is 4.79 Å². The number of hydrogen-bond acceptors (Lipinski definition) is 5. The predicted molar refractivity (Wildman–Crippen MR) is 68.7 cm³/mol. The summed E-state index contributed by atoms with van der Waals surface area (Å²) in [5, 5.41) is 0. The third-order valence-corrected chi connectivity index (χ3v) is 2.78. The van der Waals surface area contributed by atoms with Crippen molar-refractivity contribution in [3.05, 3.63) is 18.2 Å². The van der Waals surface area contributed by atoms with E-state index in [4.69, 9.17) is 15.2 Å². The van der Waals surface area contributed by atoms with Crippen LogP contribution in [0.3, 0.4) is 0 Å². The molecule has 0 aliphatic heterocycles. The Balaban J connectivity index is 2.83. The first-order chi connectivity index (χ1) is 8.49. The van der Waals surface area contributed by atoms with Crippen molar-refractivity contribution in [3.8, 4) is 11.5 Å². The molecule has 2 unspecified atom stereocenters. The number of anilines is 1. The van der Waals surface area contributed by atoms with E-state index in [0.29, 0.717) is 17.2 Å². The lowest BCUT2D eigenvalue weighted by Crippen LogP contribution is -2.29. The van der Waals surface area contributed by atoms with Crippen LogP contribution in [0.5, 0.6) is 11.5 Å². The minimum atomic E-state index is -0.374. The summed E-state index contributed by atoms with van der Waals surface area (Å²) in [5.74, 6) is 0.403. The van der Waals surface area contributed by atoms with Crippen molar-refractivity contribution in [2.45, 2.75) is 20.0 Å². The fraction of sp³-hybridized carbons (Fsp3) is 0.462. The van der Waals surface area contributed by atoms with Crippen LogP contribution in [-0.2, 0) is 9.53 Å². The minimum absolute atomic E-state index is 0.314. The smallest absolute Gasteiger partial charge is 0.312 e. The van der Waals surface area contributed by atoms with Gasteiger partial charge in [0, 0.05) is 11.8 Å². The zero-order valence-corrected chi connectivity index (χ0v) is 11.1. The number of methoxy groups -OCH3 is 2. The van der Waals surface area contributed by atoms with Gasteiger partial charge in [-0.1, -0.05) is 0 Å². The van der Waals surface area contributed by atoms with E-state index in [-0.39, 0.29) is 18.0 Å². The molecule has 0 saturated carbocycles. The molecule has 1 aromatic carbocycles. The second-order valence-electron chi connectivity index (χ2n) is 4.05. The first kappa shape index (κ1) is 14.2. The van der Waals surface area contributed by atoms with Crippen molar-refractivity contribution >= 4 is 11.7 Å². The van der Waals surface area contributed by atoms with Crippen LogP contribution in [0.4, 0.5) is 5.69 Å². The fourth-order valence-electron chi connectivity index (χ4n) is 1.47. The molecule has 0 aliphatic rings. The van der Waals surface area contributed by atoms with Gasteiger partial charge in [0.25, 0.3) is 0 Å². The summed E-state index contributed by atoms with van der Waals surface area (Å²) in [7, 11) is 2.90. The van der Waals surface area contributed by atoms with Crippen LogP contribution >= 0.6 is 0 Å². The molecule has 0 aliphatic carbocycles. The van der Waals surface area contributed by atoms with Gasteiger partial charge in [-0.25, -0.2) is 0 Å². The molecule has 1 rings (SSSR count). The van der Waals surface area contributed by atoms with E-state index in [0.717, 1.165) is 0 Å². The van der Waals surface area contributed by atoms with Crippen LogP contribution in [0.25, 0.3) is 0 Å². The molecule has 0 saturated heterocycles. The monoisotopic (exact) mass is 253 g/mol. The Morgan fingerprint density at radius 3 is 2.44 bits per heavy atom. The number of esters is 1. The molecule has 0 heterocycles. The summed E-state index contributed by atoms with van der Waals surface area (Å²) in [5.41, 5.74) is 6.27. The lowest BCUT2D eigenvalue weighted by molar-refractivity contribution is -0.147. The Kier molecular flexibility index (Phi) is 4.83. The second-order valence-corrected chi connectivity index (χ2v) is 4.05. The van der Waals surface area contributed by atoms with E-state index in [2.05, 4.69) is 4.74 Å². The molecule has 0 fully saturated rings. The number of carbonyl (C=O) groups excluding carboxylic acids is 1. The molecule has 0 amide bonds. The van der Waals surface area contributed by atoms with Crippen LogP contribution in [0.15, 0.2) is 18.2 Å². The van der Waals surface area contributed by atoms with Crippen molar-refractivity contribution in [1.29, 1.82) is 0 Å². The van der Waals surface area contributed by atoms with Crippen molar-refractivity contribution in [2.75, 3.05) is 20.0 Å². The van der Waals surface area contributed by atoms with Crippen molar-refractivity contribution < 1.29 is 19.0 Å². The topological polar surface area (TPSA) is 70.8 Å². The minimum Gasteiger partial charge on any atom is -0.493 e. The largest absolute Gasteiger partial charge is 0.493 e. The van der Waals surface area contributed by atoms with Gasteiger partial charge in [0.15, 0.2) is 11.5 Å². The highest BCUT2D eigenvalue weighted by Crippen LogP contribution is 2.30. The van der Waals surface area contributed by atoms with Gasteiger partial charge in [-0.05, 0) is 26.0 Å². The van der Waals surface area contributed by atoms with E-state index in [1.807, 2.05) is 0 Å². The summed E-state index contributed by atoms with van der Waals surface area (Å²) in [6.07, 6.45) is -0.340. The van der Waals surface area contributed by atoms with E-state index >= 15 is 0 Å². The van der Waals surface area contributed by atoms with E-state index < -0.39 is 0 Å². The molecule has 0 bridgehead atoms. The van der Waals surface area contributed by atoms with Gasteiger partial charge in [-0.2, -0.15) is 0 Å². The van der Waals surface area contributed by atoms with Crippen molar-refractivity contribution in [2.24, 2.45) is 5.92 Å². The number of benzene rings is 1. The molecular weight excluding hydrogens is 234 g/mol. The zero-order valence-electron chi connectivity index (χ0n) is 11.1. The van der Waals surface area contributed by atoms with Crippen molar-refractivity contribution in [3.63, 3.8) is 0 Å². The van der Waals surface area contributed by atoms with Crippen LogP contribution in [0, 0.1) is 5.92 Å². The maximum Gasteiger partial charge on any atom is 0.312 e. The Morgan fingerprint density at radius 1 is 1.22 bits per heavy atom. The van der Waals surface area contributed by atoms with Gasteiger partial charge in [0.05, 0.1) is 20.1 Å². The highest BCUT2D eigenvalue weighted by atomic mass is 16.5. The van der Waals surface area contributed by atoms with Gasteiger partial charge in [-0.15, -0.1) is 0 Å². The molecule has 0 radical (unpaired) electrons. The van der Waals surface area contributed by atoms with Gasteiger partial charge in [0.2, 0.25) is 0 Å². The Morgan fingerprint density at radius 2 is 1.89 bits per heavy atom. The quantitative estimate of drug-likeness (QED) is 0.640. The average Bonchev–Trinajstić information content (AvgIpc) is 2.37. The molecule has 0 spiro atoms. The lowest BCUT2D eigenvalue weighted by atomic mass is 10.1. The van der Waals surface area contributed by atoms with E-state index in [1.165, 1.54) is 7.11 Å². The van der Waals surface area contributed by atoms with Crippen LogP contribution in [-0.4, -0.2) is 26.3 Å². The van der Waals surface area contributed by atoms with E-state index in [1.54, 1.807) is 39.2 Å². The normalized spacial score (nSPS) is 13.6. The summed E-state index contributed by atoms with van der Waals surface area (Å²) < 4.78 is 15.5. The molecule has 5 nitrogen and oxygen atoms in total. The highest BCUT2D eigenvalue weighted by Gasteiger charge is 2.23. The van der Waals surface area contributed by atoms with Gasteiger partial charge in [-0.3, -0.25) is 4.79 Å². The van der Waals surface area contributed by atoms with Crippen LogP contribution < -0.4 is 15.2 Å². The molecule has 100 valence electrons. The first-order valence-electron chi connectivity index (χ1n) is 5.67. The first-order valence-corrected chi connectivity index (χ1v) is 5.67. The zero-order chi connectivity index (χ0) is 13.7. The van der Waals surface area contributed by atoms with Gasteiger partial charge >= 0.3 is 5.97 Å². The molecule has 18 heavy (non-hydrogen) atoms. The Labute approximate surface area is 107 Å². The molecule has 2 atom stereocenters. The molecule has 0 aromatic heterocycles. The number of nitrogens with two attached hydrogens (primary N) is 1. The SMILES string of the molecule is COC(=O)C(C)C(C)Oc1cc(N)ccc1OC. The Hall–Kier alpha value is -1.91. The molecular formula is C13H19NO4.